The van der Waals surface area contributed by atoms with Crippen LogP contribution in [-0.4, -0.2) is 28.0 Å². The summed E-state index contributed by atoms with van der Waals surface area (Å²) in [6.45, 7) is 1.50. The molecule has 6 nitrogen and oxygen atoms in total. The fourth-order valence-electron chi connectivity index (χ4n) is 1.67. The van der Waals surface area contributed by atoms with Gasteiger partial charge in [-0.05, 0) is 25.1 Å². The van der Waals surface area contributed by atoms with Gasteiger partial charge in [-0.1, -0.05) is 0 Å². The van der Waals surface area contributed by atoms with Crippen LogP contribution in [0.15, 0.2) is 29.8 Å². The van der Waals surface area contributed by atoms with Gasteiger partial charge in [-0.2, -0.15) is 0 Å². The third kappa shape index (κ3) is 1.73. The normalized spacial score (nSPS) is 14.9. The van der Waals surface area contributed by atoms with Gasteiger partial charge in [0.15, 0.2) is 0 Å². The van der Waals surface area contributed by atoms with E-state index in [9.17, 15) is 19.5 Å². The maximum Gasteiger partial charge on any atom is 0.339 e. The number of aromatic carboxylic acids is 1. The number of rotatable bonds is 2. The maximum absolute atomic E-state index is 11.7. The summed E-state index contributed by atoms with van der Waals surface area (Å²) < 4.78 is 0. The molecule has 1 heterocycles. The zero-order valence-corrected chi connectivity index (χ0v) is 9.38. The van der Waals surface area contributed by atoms with Crippen molar-refractivity contribution in [2.45, 2.75) is 6.92 Å². The van der Waals surface area contributed by atoms with Gasteiger partial charge in [0, 0.05) is 11.6 Å². The Morgan fingerprint density at radius 3 is 2.44 bits per heavy atom. The molecule has 1 aromatic rings. The molecule has 0 aliphatic carbocycles. The van der Waals surface area contributed by atoms with E-state index in [2.05, 4.69) is 0 Å². The van der Waals surface area contributed by atoms with Crippen molar-refractivity contribution >= 4 is 23.5 Å². The highest BCUT2D eigenvalue weighted by molar-refractivity contribution is 6.30. The number of aromatic hydroxyl groups is 1. The average Bonchev–Trinajstić information content (AvgIpc) is 2.54. The number of hydrogen-bond acceptors (Lipinski definition) is 4. The van der Waals surface area contributed by atoms with E-state index < -0.39 is 23.5 Å². The molecule has 18 heavy (non-hydrogen) atoms. The number of nitrogens with zero attached hydrogens (tertiary/aromatic N) is 1. The Hall–Kier alpha value is -2.63. The lowest BCUT2D eigenvalue weighted by Crippen LogP contribution is -2.30. The number of carboxylic acid groups (broad SMARTS) is 1. The number of benzene rings is 1. The zero-order valence-electron chi connectivity index (χ0n) is 9.38. The number of phenols is 1. The Labute approximate surface area is 102 Å². The van der Waals surface area contributed by atoms with Crippen LogP contribution >= 0.6 is 0 Å². The van der Waals surface area contributed by atoms with Gasteiger partial charge in [0.05, 0.1) is 5.69 Å². The van der Waals surface area contributed by atoms with Gasteiger partial charge in [-0.3, -0.25) is 9.59 Å². The van der Waals surface area contributed by atoms with Crippen molar-refractivity contribution in [2.75, 3.05) is 4.90 Å². The molecule has 0 bridgehead atoms. The minimum absolute atomic E-state index is 0.119. The summed E-state index contributed by atoms with van der Waals surface area (Å²) in [4.78, 5) is 35.0. The lowest BCUT2D eigenvalue weighted by atomic mass is 10.1. The molecule has 1 aromatic carbocycles. The summed E-state index contributed by atoms with van der Waals surface area (Å²) in [6.07, 6.45) is 1.18. The topological polar surface area (TPSA) is 94.9 Å². The molecule has 2 N–H and O–H groups in total. The first-order chi connectivity index (χ1) is 8.41. The number of anilines is 1. The molecular formula is C12H9NO5. The average molecular weight is 247 g/mol. The van der Waals surface area contributed by atoms with Crippen LogP contribution in [0.3, 0.4) is 0 Å². The number of carbonyl (C=O) groups excluding carboxylic acids is 2. The van der Waals surface area contributed by atoms with E-state index in [1.165, 1.54) is 19.1 Å². The second-order valence-electron chi connectivity index (χ2n) is 3.81. The van der Waals surface area contributed by atoms with Crippen molar-refractivity contribution in [3.63, 3.8) is 0 Å². The predicted molar refractivity (Wildman–Crippen MR) is 61.3 cm³/mol. The van der Waals surface area contributed by atoms with Crippen molar-refractivity contribution in [2.24, 2.45) is 0 Å². The molecule has 0 atom stereocenters. The smallest absolute Gasteiger partial charge is 0.339 e. The third-order valence-corrected chi connectivity index (χ3v) is 2.57. The molecule has 92 valence electrons. The molecule has 0 saturated heterocycles. The molecule has 0 saturated carbocycles. The molecule has 0 aromatic heterocycles. The number of carbonyl (C=O) groups is 3. The van der Waals surface area contributed by atoms with E-state index in [0.29, 0.717) is 0 Å². The summed E-state index contributed by atoms with van der Waals surface area (Å²) in [5.74, 6) is -2.78. The summed E-state index contributed by atoms with van der Waals surface area (Å²) in [5, 5.41) is 18.2. The van der Waals surface area contributed by atoms with Crippen molar-refractivity contribution in [3.8, 4) is 5.75 Å². The molecule has 1 aliphatic rings. The van der Waals surface area contributed by atoms with Crippen molar-refractivity contribution < 1.29 is 24.6 Å². The minimum Gasteiger partial charge on any atom is -0.507 e. The SMILES string of the molecule is CC1=CC(=O)N(c2ccc(O)c(C(=O)O)c2)C1=O. The van der Waals surface area contributed by atoms with Gasteiger partial charge < -0.3 is 10.2 Å². The van der Waals surface area contributed by atoms with Crippen LogP contribution < -0.4 is 4.90 Å². The van der Waals surface area contributed by atoms with Gasteiger partial charge in [0.25, 0.3) is 11.8 Å². The molecule has 0 unspecified atom stereocenters. The van der Waals surface area contributed by atoms with Gasteiger partial charge in [0.2, 0.25) is 0 Å². The van der Waals surface area contributed by atoms with Crippen LogP contribution in [0.2, 0.25) is 0 Å². The van der Waals surface area contributed by atoms with Crippen molar-refractivity contribution in [1.82, 2.24) is 0 Å². The van der Waals surface area contributed by atoms with E-state index in [4.69, 9.17) is 5.11 Å². The second kappa shape index (κ2) is 3.99. The van der Waals surface area contributed by atoms with E-state index in [1.807, 2.05) is 0 Å². The highest BCUT2D eigenvalue weighted by atomic mass is 16.4. The van der Waals surface area contributed by atoms with E-state index in [1.54, 1.807) is 0 Å². The second-order valence-corrected chi connectivity index (χ2v) is 3.81. The van der Waals surface area contributed by atoms with Crippen LogP contribution in [0.25, 0.3) is 0 Å². The Morgan fingerprint density at radius 1 is 1.28 bits per heavy atom. The summed E-state index contributed by atoms with van der Waals surface area (Å²) in [5.41, 5.74) is 0.0379. The van der Waals surface area contributed by atoms with Gasteiger partial charge in [-0.15, -0.1) is 0 Å². The van der Waals surface area contributed by atoms with Crippen LogP contribution in [0, 0.1) is 0 Å². The van der Waals surface area contributed by atoms with E-state index in [-0.39, 0.29) is 16.8 Å². The first kappa shape index (κ1) is 11.8. The fraction of sp³-hybridized carbons (Fsp3) is 0.0833. The van der Waals surface area contributed by atoms with E-state index in [0.717, 1.165) is 17.0 Å². The number of carboxylic acids is 1. The third-order valence-electron chi connectivity index (χ3n) is 2.57. The first-order valence-corrected chi connectivity index (χ1v) is 5.05. The number of hydrogen-bond donors (Lipinski definition) is 2. The summed E-state index contributed by atoms with van der Waals surface area (Å²) in [7, 11) is 0. The van der Waals surface area contributed by atoms with E-state index >= 15 is 0 Å². The van der Waals surface area contributed by atoms with Gasteiger partial charge in [-0.25, -0.2) is 9.69 Å². The van der Waals surface area contributed by atoms with Crippen LogP contribution in [0.4, 0.5) is 5.69 Å². The Balaban J connectivity index is 2.48. The Bertz CT molecular complexity index is 602. The highest BCUT2D eigenvalue weighted by Gasteiger charge is 2.30. The Morgan fingerprint density at radius 2 is 1.94 bits per heavy atom. The van der Waals surface area contributed by atoms with Crippen molar-refractivity contribution in [3.05, 3.63) is 35.4 Å². The van der Waals surface area contributed by atoms with Gasteiger partial charge >= 0.3 is 5.97 Å². The number of amides is 2. The molecule has 0 radical (unpaired) electrons. The summed E-state index contributed by atoms with van der Waals surface area (Å²) in [6, 6.07) is 3.52. The van der Waals surface area contributed by atoms with Crippen LogP contribution in [-0.2, 0) is 9.59 Å². The molecule has 1 aliphatic heterocycles. The molecule has 0 fully saturated rings. The maximum atomic E-state index is 11.7. The molecular weight excluding hydrogens is 238 g/mol. The largest absolute Gasteiger partial charge is 0.507 e. The quantitative estimate of drug-likeness (QED) is 0.757. The first-order valence-electron chi connectivity index (χ1n) is 5.05. The molecule has 2 rings (SSSR count). The predicted octanol–water partition coefficient (Wildman–Crippen LogP) is 0.910. The fourth-order valence-corrected chi connectivity index (χ4v) is 1.67. The lowest BCUT2D eigenvalue weighted by molar-refractivity contribution is -0.120. The molecule has 2 amide bonds. The minimum atomic E-state index is -1.34. The summed E-state index contributed by atoms with van der Waals surface area (Å²) >= 11 is 0. The highest BCUT2D eigenvalue weighted by Crippen LogP contribution is 2.27. The van der Waals surface area contributed by atoms with Gasteiger partial charge in [0.1, 0.15) is 11.3 Å². The van der Waals surface area contributed by atoms with Crippen molar-refractivity contribution in [1.29, 1.82) is 0 Å². The number of imide groups is 1. The van der Waals surface area contributed by atoms with Crippen LogP contribution in [0.5, 0.6) is 5.75 Å². The monoisotopic (exact) mass is 247 g/mol. The van der Waals surface area contributed by atoms with Crippen LogP contribution in [0.1, 0.15) is 17.3 Å². The molecule has 6 heteroatoms. The zero-order chi connectivity index (χ0) is 13.4. The Kier molecular flexibility index (Phi) is 2.63. The molecule has 0 spiro atoms. The lowest BCUT2D eigenvalue weighted by Gasteiger charge is -2.15. The standard InChI is InChI=1S/C12H9NO5/c1-6-4-10(15)13(11(6)16)7-2-3-9(14)8(5-7)12(17)18/h2-5,14H,1H3,(H,17,18).